The molecule has 0 aliphatic carbocycles. The van der Waals surface area contributed by atoms with E-state index in [4.69, 9.17) is 0 Å². The van der Waals surface area contributed by atoms with Crippen LogP contribution in [0.4, 0.5) is 4.39 Å². The molecule has 2 nitrogen and oxygen atoms in total. The van der Waals surface area contributed by atoms with E-state index in [9.17, 15) is 9.19 Å². The second-order valence-electron chi connectivity index (χ2n) is 7.69. The summed E-state index contributed by atoms with van der Waals surface area (Å²) < 4.78 is 14.5. The lowest BCUT2D eigenvalue weighted by Crippen LogP contribution is -3.00. The first-order chi connectivity index (χ1) is 12.0. The standard InChI is InChI=1S/C21H29FNOSi.HI/c1-23(15-6-3-7-16-23)17-8-18-25(24,20-9-4-2-5-10-20)21-13-11-19(22)12-14-21;/h2,4-5,9-14,24H,3,6-8,15-18H2,1H3;1H/q+1;/p-1. The van der Waals surface area contributed by atoms with Crippen molar-refractivity contribution in [3.63, 3.8) is 0 Å². The van der Waals surface area contributed by atoms with Crippen molar-refractivity contribution in [1.82, 2.24) is 0 Å². The van der Waals surface area contributed by atoms with E-state index in [-0.39, 0.29) is 29.8 Å². The Kier molecular flexibility index (Phi) is 7.82. The van der Waals surface area contributed by atoms with Crippen LogP contribution >= 0.6 is 0 Å². The molecule has 26 heavy (non-hydrogen) atoms. The van der Waals surface area contributed by atoms with Crippen LogP contribution in [0, 0.1) is 5.82 Å². The van der Waals surface area contributed by atoms with E-state index in [1.165, 1.54) is 44.5 Å². The van der Waals surface area contributed by atoms with E-state index < -0.39 is 8.32 Å². The summed E-state index contributed by atoms with van der Waals surface area (Å²) in [5, 5.41) is 1.92. The molecule has 2 aromatic carbocycles. The zero-order valence-electron chi connectivity index (χ0n) is 15.5. The molecule has 1 saturated heterocycles. The Morgan fingerprint density at radius 2 is 1.50 bits per heavy atom. The Morgan fingerprint density at radius 1 is 0.923 bits per heavy atom. The van der Waals surface area contributed by atoms with Gasteiger partial charge in [-0.2, -0.15) is 0 Å². The fourth-order valence-electron chi connectivity index (χ4n) is 4.11. The number of hydrogen-bond acceptors (Lipinski definition) is 1. The lowest BCUT2D eigenvalue weighted by molar-refractivity contribution is -0.914. The first kappa shape index (κ1) is 21.5. The number of quaternary nitrogens is 1. The molecule has 1 fully saturated rings. The predicted molar refractivity (Wildman–Crippen MR) is 104 cm³/mol. The molecule has 1 unspecified atom stereocenters. The zero-order chi connectivity index (χ0) is 17.8. The Hall–Kier alpha value is -0.763. The van der Waals surface area contributed by atoms with Gasteiger partial charge in [0.2, 0.25) is 0 Å². The summed E-state index contributed by atoms with van der Waals surface area (Å²) >= 11 is 0. The van der Waals surface area contributed by atoms with E-state index in [2.05, 4.69) is 7.05 Å². The fourth-order valence-corrected chi connectivity index (χ4v) is 7.15. The highest BCUT2D eigenvalue weighted by molar-refractivity contribution is 6.96. The molecule has 0 amide bonds. The van der Waals surface area contributed by atoms with Crippen LogP contribution in [-0.4, -0.2) is 44.3 Å². The average Bonchev–Trinajstić information content (AvgIpc) is 2.63. The molecule has 1 heterocycles. The molecule has 0 aromatic heterocycles. The second kappa shape index (κ2) is 9.44. The van der Waals surface area contributed by atoms with Gasteiger partial charge in [0, 0.05) is 0 Å². The third-order valence-electron chi connectivity index (χ3n) is 5.71. The molecule has 3 rings (SSSR count). The number of nitrogens with zero attached hydrogens (tertiary/aromatic N) is 1. The molecule has 142 valence electrons. The summed E-state index contributed by atoms with van der Waals surface area (Å²) in [5.74, 6) is -0.250. The van der Waals surface area contributed by atoms with Crippen molar-refractivity contribution >= 4 is 18.7 Å². The quantitative estimate of drug-likeness (QED) is 0.345. The van der Waals surface area contributed by atoms with Gasteiger partial charge in [-0.25, -0.2) is 4.39 Å². The molecule has 0 saturated carbocycles. The van der Waals surface area contributed by atoms with Gasteiger partial charge in [-0.15, -0.1) is 0 Å². The van der Waals surface area contributed by atoms with Gasteiger partial charge >= 0.3 is 0 Å². The van der Waals surface area contributed by atoms with E-state index in [0.29, 0.717) is 0 Å². The van der Waals surface area contributed by atoms with Crippen LogP contribution in [0.5, 0.6) is 0 Å². The van der Waals surface area contributed by atoms with Crippen molar-refractivity contribution in [2.75, 3.05) is 26.7 Å². The molecule has 5 heteroatoms. The summed E-state index contributed by atoms with van der Waals surface area (Å²) in [6, 6.07) is 17.2. The summed E-state index contributed by atoms with van der Waals surface area (Å²) in [4.78, 5) is 11.7. The zero-order valence-corrected chi connectivity index (χ0v) is 18.7. The maximum Gasteiger partial charge on any atom is 0.252 e. The monoisotopic (exact) mass is 485 g/mol. The number of hydrogen-bond donors (Lipinski definition) is 1. The Bertz CT molecular complexity index is 676. The second-order valence-corrected chi connectivity index (χ2v) is 11.1. The Balaban J connectivity index is 0.00000243. The largest absolute Gasteiger partial charge is 1.00 e. The highest BCUT2D eigenvalue weighted by atomic mass is 127. The van der Waals surface area contributed by atoms with Gasteiger partial charge in [0.15, 0.2) is 0 Å². The van der Waals surface area contributed by atoms with Gasteiger partial charge < -0.3 is 33.3 Å². The lowest BCUT2D eigenvalue weighted by atomic mass is 10.1. The summed E-state index contributed by atoms with van der Waals surface area (Å²) in [6.45, 7) is 3.62. The molecule has 1 N–H and O–H groups in total. The van der Waals surface area contributed by atoms with E-state index in [0.717, 1.165) is 33.9 Å². The SMILES string of the molecule is C[N+]1(CCC[Si](O)(c2ccccc2)c2ccc(F)cc2)CCCCC1.[I-]. The minimum absolute atomic E-state index is 0. The molecule has 0 bridgehead atoms. The van der Waals surface area contributed by atoms with Crippen LogP contribution in [-0.2, 0) is 0 Å². The van der Waals surface area contributed by atoms with E-state index in [1.807, 2.05) is 30.3 Å². The van der Waals surface area contributed by atoms with Crippen molar-refractivity contribution in [1.29, 1.82) is 0 Å². The third-order valence-corrected chi connectivity index (χ3v) is 9.36. The van der Waals surface area contributed by atoms with Crippen molar-refractivity contribution in [2.45, 2.75) is 31.7 Å². The minimum atomic E-state index is -2.82. The van der Waals surface area contributed by atoms with Crippen molar-refractivity contribution in [2.24, 2.45) is 0 Å². The normalized spacial score (nSPS) is 18.6. The smallest absolute Gasteiger partial charge is 0.252 e. The number of benzene rings is 2. The van der Waals surface area contributed by atoms with Crippen LogP contribution in [0.2, 0.25) is 6.04 Å². The van der Waals surface area contributed by atoms with E-state index in [1.54, 1.807) is 12.1 Å². The van der Waals surface area contributed by atoms with Crippen molar-refractivity contribution < 1.29 is 37.6 Å². The molecule has 2 aromatic rings. The highest BCUT2D eigenvalue weighted by Gasteiger charge is 2.36. The Morgan fingerprint density at radius 3 is 2.12 bits per heavy atom. The molecule has 1 aliphatic heterocycles. The topological polar surface area (TPSA) is 20.2 Å². The van der Waals surface area contributed by atoms with Crippen molar-refractivity contribution in [3.8, 4) is 0 Å². The van der Waals surface area contributed by atoms with Crippen LogP contribution in [0.3, 0.4) is 0 Å². The molecule has 1 atom stereocenters. The minimum Gasteiger partial charge on any atom is -1.00 e. The fraction of sp³-hybridized carbons (Fsp3) is 0.429. The third kappa shape index (κ3) is 5.15. The van der Waals surface area contributed by atoms with Crippen LogP contribution in [0.15, 0.2) is 54.6 Å². The maximum atomic E-state index is 13.4. The van der Waals surface area contributed by atoms with Crippen LogP contribution in [0.1, 0.15) is 25.7 Å². The molecule has 0 spiro atoms. The van der Waals surface area contributed by atoms with Crippen molar-refractivity contribution in [3.05, 3.63) is 60.4 Å². The number of halogens is 2. The number of piperidine rings is 1. The summed E-state index contributed by atoms with van der Waals surface area (Å²) in [5.41, 5.74) is 0. The lowest BCUT2D eigenvalue weighted by Gasteiger charge is -2.38. The highest BCUT2D eigenvalue weighted by Crippen LogP contribution is 2.19. The van der Waals surface area contributed by atoms with Crippen LogP contribution in [0.25, 0.3) is 0 Å². The first-order valence-electron chi connectivity index (χ1n) is 9.39. The molecular formula is C21H29FINOSi. The van der Waals surface area contributed by atoms with Gasteiger partial charge in [0.25, 0.3) is 8.32 Å². The van der Waals surface area contributed by atoms with Gasteiger partial charge in [-0.3, -0.25) is 0 Å². The maximum absolute atomic E-state index is 13.4. The van der Waals surface area contributed by atoms with Gasteiger partial charge in [0.1, 0.15) is 5.82 Å². The van der Waals surface area contributed by atoms with E-state index >= 15 is 0 Å². The number of rotatable bonds is 6. The predicted octanol–water partition coefficient (Wildman–Crippen LogP) is -0.0977. The molecule has 0 radical (unpaired) electrons. The van der Waals surface area contributed by atoms with Crippen LogP contribution < -0.4 is 34.4 Å². The average molecular weight is 485 g/mol. The summed E-state index contributed by atoms with van der Waals surface area (Å²) in [6.07, 6.45) is 4.99. The summed E-state index contributed by atoms with van der Waals surface area (Å²) in [7, 11) is -0.471. The number of likely N-dealkylation sites (tertiary alicyclic amines) is 1. The first-order valence-corrected chi connectivity index (χ1v) is 11.5. The van der Waals surface area contributed by atoms with Gasteiger partial charge in [-0.1, -0.05) is 42.5 Å². The molecule has 1 aliphatic rings. The van der Waals surface area contributed by atoms with Gasteiger partial charge in [0.05, 0.1) is 26.7 Å². The Labute approximate surface area is 174 Å². The molecular weight excluding hydrogens is 456 g/mol. The van der Waals surface area contributed by atoms with Gasteiger partial charge in [-0.05, 0) is 54.2 Å².